The molecule has 0 radical (unpaired) electrons. The lowest BCUT2D eigenvalue weighted by atomic mass is 10.1. The molecule has 40 heavy (non-hydrogen) atoms. The minimum atomic E-state index is -3.76. The van der Waals surface area contributed by atoms with Crippen LogP contribution in [0, 0.1) is 0 Å². The van der Waals surface area contributed by atoms with Crippen LogP contribution in [0.3, 0.4) is 0 Å². The van der Waals surface area contributed by atoms with Crippen molar-refractivity contribution in [1.29, 1.82) is 0 Å². The van der Waals surface area contributed by atoms with Crippen molar-refractivity contribution in [2.75, 3.05) is 54.3 Å². The Balaban J connectivity index is 1.40. The molecule has 3 heterocycles. The van der Waals surface area contributed by atoms with Crippen molar-refractivity contribution in [3.8, 4) is 0 Å². The van der Waals surface area contributed by atoms with Gasteiger partial charge < -0.3 is 15.0 Å². The second-order valence-electron chi connectivity index (χ2n) is 9.67. The number of carbonyl (C=O) groups excluding carboxylic acids is 1. The number of sulfonamides is 2. The summed E-state index contributed by atoms with van der Waals surface area (Å²) in [5, 5.41) is 4.61. The van der Waals surface area contributed by atoms with E-state index in [1.807, 2.05) is 0 Å². The zero-order valence-corrected chi connectivity index (χ0v) is 24.4. The zero-order chi connectivity index (χ0) is 28.2. The summed E-state index contributed by atoms with van der Waals surface area (Å²) in [4.78, 5) is 15.6. The van der Waals surface area contributed by atoms with Crippen molar-refractivity contribution in [1.82, 2.24) is 4.31 Å². The molecular weight excluding hydrogens is 573 g/mol. The Labute approximate surface area is 239 Å². The molecule has 2 aromatic carbocycles. The molecule has 2 fully saturated rings. The van der Waals surface area contributed by atoms with Crippen molar-refractivity contribution in [3.05, 3.63) is 65.5 Å². The number of hydrogen-bond donors (Lipinski definition) is 2. The molecule has 2 aliphatic heterocycles. The van der Waals surface area contributed by atoms with E-state index in [1.54, 1.807) is 23.6 Å². The van der Waals surface area contributed by atoms with Crippen LogP contribution >= 0.6 is 11.3 Å². The molecular formula is C27H32N4O6S3. The SMILES string of the molecule is O=C(Nc1cc(S(=O)(=O)N2CCOCC2)ccc1N1CCCCCC1)c1ccc(NS(=O)(=O)c2cccs2)cc1. The smallest absolute Gasteiger partial charge is 0.271 e. The highest BCUT2D eigenvalue weighted by Crippen LogP contribution is 2.32. The van der Waals surface area contributed by atoms with Gasteiger partial charge in [0.05, 0.1) is 29.5 Å². The molecule has 0 aliphatic carbocycles. The van der Waals surface area contributed by atoms with Gasteiger partial charge in [-0.15, -0.1) is 11.3 Å². The fourth-order valence-electron chi connectivity index (χ4n) is 4.81. The highest BCUT2D eigenvalue weighted by molar-refractivity contribution is 7.94. The van der Waals surface area contributed by atoms with Crippen LogP contribution in [0.5, 0.6) is 0 Å². The van der Waals surface area contributed by atoms with E-state index < -0.39 is 26.0 Å². The van der Waals surface area contributed by atoms with Crippen LogP contribution in [0.2, 0.25) is 0 Å². The standard InChI is InChI=1S/C27H32N4O6S3/c32-27(21-7-9-22(10-8-21)29-39(33,34)26-6-5-19-38-26)28-24-20-23(40(35,36)31-15-17-37-18-16-31)11-12-25(24)30-13-3-1-2-4-14-30/h5-12,19-20,29H,1-4,13-18H2,(H,28,32). The maximum absolute atomic E-state index is 13.4. The number of rotatable bonds is 8. The van der Waals surface area contributed by atoms with Gasteiger partial charge in [-0.25, -0.2) is 16.8 Å². The van der Waals surface area contributed by atoms with Gasteiger partial charge in [-0.05, 0) is 66.8 Å². The van der Waals surface area contributed by atoms with Gasteiger partial charge in [-0.2, -0.15) is 4.31 Å². The first-order chi connectivity index (χ1) is 19.2. The summed E-state index contributed by atoms with van der Waals surface area (Å²) >= 11 is 1.11. The predicted octanol–water partition coefficient (Wildman–Crippen LogP) is 4.20. The topological polar surface area (TPSA) is 125 Å². The third-order valence-corrected chi connectivity index (χ3v) is 11.6. The molecule has 1 amide bonds. The number of anilines is 3. The van der Waals surface area contributed by atoms with Gasteiger partial charge in [-0.3, -0.25) is 9.52 Å². The minimum absolute atomic E-state index is 0.113. The van der Waals surface area contributed by atoms with Gasteiger partial charge in [0.15, 0.2) is 0 Å². The number of nitrogens with zero attached hydrogens (tertiary/aromatic N) is 2. The van der Waals surface area contributed by atoms with E-state index in [0.29, 0.717) is 30.2 Å². The van der Waals surface area contributed by atoms with Crippen LogP contribution in [-0.2, 0) is 24.8 Å². The van der Waals surface area contributed by atoms with Crippen LogP contribution in [0.15, 0.2) is 69.1 Å². The second kappa shape index (κ2) is 12.3. The summed E-state index contributed by atoms with van der Waals surface area (Å²) in [6.07, 6.45) is 4.29. The molecule has 3 aromatic rings. The highest BCUT2D eigenvalue weighted by Gasteiger charge is 2.28. The molecule has 1 aromatic heterocycles. The van der Waals surface area contributed by atoms with E-state index in [0.717, 1.165) is 55.8 Å². The van der Waals surface area contributed by atoms with Crippen LogP contribution < -0.4 is 14.9 Å². The Morgan fingerprint density at radius 3 is 2.20 bits per heavy atom. The Morgan fingerprint density at radius 2 is 1.55 bits per heavy atom. The molecule has 2 saturated heterocycles. The molecule has 0 saturated carbocycles. The average Bonchev–Trinajstić information content (AvgIpc) is 3.39. The molecule has 10 nitrogen and oxygen atoms in total. The number of morpholine rings is 1. The number of carbonyl (C=O) groups is 1. The minimum Gasteiger partial charge on any atom is -0.379 e. The first-order valence-electron chi connectivity index (χ1n) is 13.2. The maximum Gasteiger partial charge on any atom is 0.271 e. The van der Waals surface area contributed by atoms with Crippen molar-refractivity contribution >= 4 is 54.4 Å². The fraction of sp³-hybridized carbons (Fsp3) is 0.370. The molecule has 13 heteroatoms. The van der Waals surface area contributed by atoms with Crippen molar-refractivity contribution < 1.29 is 26.4 Å². The van der Waals surface area contributed by atoms with Gasteiger partial charge in [0.2, 0.25) is 10.0 Å². The molecule has 2 aliphatic rings. The van der Waals surface area contributed by atoms with Gasteiger partial charge in [0.25, 0.3) is 15.9 Å². The van der Waals surface area contributed by atoms with Crippen LogP contribution in [0.1, 0.15) is 36.0 Å². The van der Waals surface area contributed by atoms with E-state index in [2.05, 4.69) is 14.9 Å². The number of ether oxygens (including phenoxy) is 1. The average molecular weight is 605 g/mol. The molecule has 0 atom stereocenters. The van der Waals surface area contributed by atoms with Gasteiger partial charge in [0.1, 0.15) is 4.21 Å². The summed E-state index contributed by atoms with van der Waals surface area (Å²) in [6, 6.07) is 14.2. The third kappa shape index (κ3) is 6.50. The predicted molar refractivity (Wildman–Crippen MR) is 156 cm³/mol. The number of thiophene rings is 1. The molecule has 0 unspecified atom stereocenters. The Hall–Kier alpha value is -2.97. The first-order valence-corrected chi connectivity index (χ1v) is 17.0. The van der Waals surface area contributed by atoms with Crippen molar-refractivity contribution in [2.24, 2.45) is 0 Å². The summed E-state index contributed by atoms with van der Waals surface area (Å²) < 4.78 is 61.2. The van der Waals surface area contributed by atoms with Crippen LogP contribution in [0.4, 0.5) is 17.1 Å². The van der Waals surface area contributed by atoms with E-state index in [9.17, 15) is 21.6 Å². The Kier molecular flexibility index (Phi) is 8.76. The Bertz CT molecular complexity index is 1530. The quantitative estimate of drug-likeness (QED) is 0.395. The Morgan fingerprint density at radius 1 is 0.850 bits per heavy atom. The summed E-state index contributed by atoms with van der Waals surface area (Å²) in [7, 11) is -7.47. The second-order valence-corrected chi connectivity index (χ2v) is 14.5. The van der Waals surface area contributed by atoms with Gasteiger partial charge >= 0.3 is 0 Å². The van der Waals surface area contributed by atoms with Crippen LogP contribution in [-0.4, -0.2) is 66.4 Å². The van der Waals surface area contributed by atoms with Crippen molar-refractivity contribution in [2.45, 2.75) is 34.8 Å². The largest absolute Gasteiger partial charge is 0.379 e. The highest BCUT2D eigenvalue weighted by atomic mass is 32.2. The number of nitrogens with one attached hydrogen (secondary N) is 2. The summed E-state index contributed by atoms with van der Waals surface area (Å²) in [5.74, 6) is -0.426. The third-order valence-electron chi connectivity index (χ3n) is 6.93. The lowest BCUT2D eigenvalue weighted by Gasteiger charge is -2.28. The zero-order valence-electron chi connectivity index (χ0n) is 21.9. The van der Waals surface area contributed by atoms with Crippen molar-refractivity contribution in [3.63, 3.8) is 0 Å². The van der Waals surface area contributed by atoms with E-state index in [1.165, 1.54) is 40.7 Å². The molecule has 0 spiro atoms. The lowest BCUT2D eigenvalue weighted by Crippen LogP contribution is -2.40. The molecule has 214 valence electrons. The monoisotopic (exact) mass is 604 g/mol. The number of hydrogen-bond acceptors (Lipinski definition) is 8. The normalized spacial score (nSPS) is 17.2. The molecule has 2 N–H and O–H groups in total. The lowest BCUT2D eigenvalue weighted by molar-refractivity contribution is 0.0730. The molecule has 0 bridgehead atoms. The maximum atomic E-state index is 13.4. The van der Waals surface area contributed by atoms with E-state index in [-0.39, 0.29) is 22.2 Å². The fourth-order valence-corrected chi connectivity index (χ4v) is 8.29. The molecule has 5 rings (SSSR count). The first kappa shape index (κ1) is 28.6. The van der Waals surface area contributed by atoms with E-state index >= 15 is 0 Å². The summed E-state index contributed by atoms with van der Waals surface area (Å²) in [5.41, 5.74) is 1.83. The number of amides is 1. The number of benzene rings is 2. The van der Waals surface area contributed by atoms with Gasteiger partial charge in [-0.1, -0.05) is 18.9 Å². The summed E-state index contributed by atoms with van der Waals surface area (Å²) in [6.45, 7) is 2.87. The van der Waals surface area contributed by atoms with Crippen LogP contribution in [0.25, 0.3) is 0 Å². The van der Waals surface area contributed by atoms with E-state index in [4.69, 9.17) is 4.74 Å². The van der Waals surface area contributed by atoms with Gasteiger partial charge in [0, 0.05) is 37.4 Å².